The Kier molecular flexibility index (Phi) is 5.03. The molecule has 1 aliphatic rings. The first-order valence-electron chi connectivity index (χ1n) is 7.29. The number of hydrogen-bond acceptors (Lipinski definition) is 4. The lowest BCUT2D eigenvalue weighted by molar-refractivity contribution is -0.118. The molecule has 2 aromatic rings. The highest BCUT2D eigenvalue weighted by Crippen LogP contribution is 2.19. The van der Waals surface area contributed by atoms with Gasteiger partial charge in [-0.1, -0.05) is 35.9 Å². The number of carbonyl (C=O) groups is 1. The molecule has 1 aromatic carbocycles. The van der Waals surface area contributed by atoms with E-state index < -0.39 is 9.84 Å². The number of rotatable bonds is 4. The second kappa shape index (κ2) is 7.04. The first kappa shape index (κ1) is 17.1. The van der Waals surface area contributed by atoms with Crippen molar-refractivity contribution in [1.29, 1.82) is 0 Å². The summed E-state index contributed by atoms with van der Waals surface area (Å²) in [6, 6.07) is 7.51. The average Bonchev–Trinajstić information content (AvgIpc) is 3.08. The summed E-state index contributed by atoms with van der Waals surface area (Å²) in [5.74, 6) is -0.626. The second-order valence-corrected chi connectivity index (χ2v) is 8.74. The summed E-state index contributed by atoms with van der Waals surface area (Å²) >= 11 is 7.52. The quantitative estimate of drug-likeness (QED) is 0.816. The van der Waals surface area contributed by atoms with Crippen LogP contribution in [0, 0.1) is 5.92 Å². The average molecular weight is 383 g/mol. The molecule has 0 saturated heterocycles. The number of hydrogen-bond donors (Lipinski definition) is 0. The van der Waals surface area contributed by atoms with Gasteiger partial charge in [0.05, 0.1) is 12.3 Å². The Balaban J connectivity index is 1.75. The summed E-state index contributed by atoms with van der Waals surface area (Å²) in [5, 5.41) is 3.69. The van der Waals surface area contributed by atoms with Gasteiger partial charge in [-0.2, -0.15) is 4.99 Å². The van der Waals surface area contributed by atoms with Gasteiger partial charge < -0.3 is 4.57 Å². The molecule has 1 aliphatic heterocycles. The monoisotopic (exact) mass is 382 g/mol. The van der Waals surface area contributed by atoms with E-state index in [4.69, 9.17) is 11.6 Å². The fourth-order valence-corrected chi connectivity index (χ4v) is 4.80. The number of benzene rings is 1. The van der Waals surface area contributed by atoms with E-state index in [1.54, 1.807) is 6.08 Å². The van der Waals surface area contributed by atoms with E-state index in [1.165, 1.54) is 16.7 Å². The van der Waals surface area contributed by atoms with Gasteiger partial charge in [0.25, 0.3) is 0 Å². The van der Waals surface area contributed by atoms with Gasteiger partial charge >= 0.3 is 0 Å². The fourth-order valence-electron chi connectivity index (χ4n) is 2.46. The van der Waals surface area contributed by atoms with Crippen LogP contribution in [0.2, 0.25) is 5.02 Å². The molecule has 3 rings (SSSR count). The van der Waals surface area contributed by atoms with Gasteiger partial charge in [0.1, 0.15) is 0 Å². The first-order chi connectivity index (χ1) is 11.4. The van der Waals surface area contributed by atoms with Gasteiger partial charge in [0.2, 0.25) is 5.91 Å². The fraction of sp³-hybridized carbons (Fsp3) is 0.250. The lowest BCUT2D eigenvalue weighted by atomic mass is 10.1. The molecule has 1 unspecified atom stereocenters. The topological polar surface area (TPSA) is 68.5 Å². The Morgan fingerprint density at radius 1 is 1.38 bits per heavy atom. The molecule has 0 radical (unpaired) electrons. The number of aromatic nitrogens is 1. The maximum absolute atomic E-state index is 12.1. The molecule has 1 amide bonds. The summed E-state index contributed by atoms with van der Waals surface area (Å²) in [6.07, 6.45) is 3.51. The molecule has 1 aromatic heterocycles. The number of halogens is 1. The van der Waals surface area contributed by atoms with E-state index >= 15 is 0 Å². The van der Waals surface area contributed by atoms with Crippen molar-refractivity contribution in [3.63, 3.8) is 0 Å². The molecule has 0 fully saturated rings. The van der Waals surface area contributed by atoms with Crippen LogP contribution in [0.5, 0.6) is 0 Å². The summed E-state index contributed by atoms with van der Waals surface area (Å²) in [6.45, 7) is 0.521. The summed E-state index contributed by atoms with van der Waals surface area (Å²) < 4.78 is 24.6. The standard InChI is InChI=1S/C16H15ClN2O3S2/c17-14-4-2-1-3-13(14)10-19-6-7-23-16(19)18-15(20)9-12-5-8-24(21,22)11-12/h1-8,12H,9-11H2. The van der Waals surface area contributed by atoms with Gasteiger partial charge in [-0.05, 0) is 11.6 Å². The minimum absolute atomic E-state index is 0.0156. The maximum atomic E-state index is 12.1. The van der Waals surface area contributed by atoms with Crippen molar-refractivity contribution in [3.8, 4) is 0 Å². The Morgan fingerprint density at radius 3 is 2.88 bits per heavy atom. The Hall–Kier alpha value is -1.70. The van der Waals surface area contributed by atoms with Crippen LogP contribution in [0.15, 0.2) is 52.3 Å². The smallest absolute Gasteiger partial charge is 0.248 e. The van der Waals surface area contributed by atoms with Crippen molar-refractivity contribution >= 4 is 38.7 Å². The van der Waals surface area contributed by atoms with Crippen LogP contribution in [0.25, 0.3) is 0 Å². The molecule has 0 aliphatic carbocycles. The number of carbonyl (C=O) groups excluding carboxylic acids is 1. The largest absolute Gasteiger partial charge is 0.319 e. The zero-order chi connectivity index (χ0) is 17.2. The zero-order valence-corrected chi connectivity index (χ0v) is 15.0. The number of nitrogens with zero attached hydrogens (tertiary/aromatic N) is 2. The normalized spacial score (nSPS) is 19.7. The summed E-state index contributed by atoms with van der Waals surface area (Å²) in [7, 11) is -3.15. The molecule has 8 heteroatoms. The third-order valence-corrected chi connectivity index (χ3v) is 6.25. The van der Waals surface area contributed by atoms with Gasteiger partial charge in [0, 0.05) is 34.3 Å². The third kappa shape index (κ3) is 4.23. The predicted molar refractivity (Wildman–Crippen MR) is 94.5 cm³/mol. The van der Waals surface area contributed by atoms with Crippen molar-refractivity contribution in [2.75, 3.05) is 5.75 Å². The van der Waals surface area contributed by atoms with E-state index in [0.29, 0.717) is 16.4 Å². The molecule has 2 heterocycles. The molecule has 0 spiro atoms. The summed E-state index contributed by atoms with van der Waals surface area (Å²) in [5.41, 5.74) is 0.941. The van der Waals surface area contributed by atoms with E-state index in [0.717, 1.165) is 5.56 Å². The minimum atomic E-state index is -3.15. The van der Waals surface area contributed by atoms with E-state index in [2.05, 4.69) is 4.99 Å². The molecule has 0 saturated carbocycles. The Labute approximate surface area is 148 Å². The SMILES string of the molecule is O=C(CC1C=CS(=O)(=O)C1)N=c1sccn1Cc1ccccc1Cl. The third-order valence-electron chi connectivity index (χ3n) is 3.62. The molecule has 0 bridgehead atoms. The van der Waals surface area contributed by atoms with Crippen LogP contribution in [0.4, 0.5) is 0 Å². The number of thiazole rings is 1. The van der Waals surface area contributed by atoms with Gasteiger partial charge in [-0.3, -0.25) is 4.79 Å². The number of sulfone groups is 1. The van der Waals surface area contributed by atoms with Crippen molar-refractivity contribution in [1.82, 2.24) is 4.57 Å². The predicted octanol–water partition coefficient (Wildman–Crippen LogP) is 2.63. The molecule has 126 valence electrons. The van der Waals surface area contributed by atoms with E-state index in [1.807, 2.05) is 40.4 Å². The second-order valence-electron chi connectivity index (χ2n) is 5.53. The molecule has 24 heavy (non-hydrogen) atoms. The van der Waals surface area contributed by atoms with Gasteiger partial charge in [-0.25, -0.2) is 8.42 Å². The lowest BCUT2D eigenvalue weighted by Gasteiger charge is -2.05. The summed E-state index contributed by atoms with van der Waals surface area (Å²) in [4.78, 5) is 16.8. The highest BCUT2D eigenvalue weighted by Gasteiger charge is 2.23. The molecule has 1 atom stereocenters. The van der Waals surface area contributed by atoms with Crippen molar-refractivity contribution in [2.24, 2.45) is 10.9 Å². The van der Waals surface area contributed by atoms with E-state index in [9.17, 15) is 13.2 Å². The van der Waals surface area contributed by atoms with Crippen LogP contribution >= 0.6 is 22.9 Å². The highest BCUT2D eigenvalue weighted by atomic mass is 35.5. The van der Waals surface area contributed by atoms with Gasteiger partial charge in [-0.15, -0.1) is 11.3 Å². The van der Waals surface area contributed by atoms with Crippen molar-refractivity contribution in [3.05, 3.63) is 62.7 Å². The van der Waals surface area contributed by atoms with Crippen molar-refractivity contribution < 1.29 is 13.2 Å². The maximum Gasteiger partial charge on any atom is 0.248 e. The van der Waals surface area contributed by atoms with Crippen LogP contribution < -0.4 is 4.80 Å². The molecular weight excluding hydrogens is 368 g/mol. The van der Waals surface area contributed by atoms with E-state index in [-0.39, 0.29) is 24.0 Å². The van der Waals surface area contributed by atoms with Crippen LogP contribution in [0.3, 0.4) is 0 Å². The number of amides is 1. The van der Waals surface area contributed by atoms with Gasteiger partial charge in [0.15, 0.2) is 14.6 Å². The highest BCUT2D eigenvalue weighted by molar-refractivity contribution is 7.94. The minimum Gasteiger partial charge on any atom is -0.319 e. The first-order valence-corrected chi connectivity index (χ1v) is 10.3. The Morgan fingerprint density at radius 2 is 2.17 bits per heavy atom. The molecular formula is C16H15ClN2O3S2. The Bertz CT molecular complexity index is 957. The zero-order valence-electron chi connectivity index (χ0n) is 12.6. The van der Waals surface area contributed by atoms with Crippen molar-refractivity contribution in [2.45, 2.75) is 13.0 Å². The van der Waals surface area contributed by atoms with Crippen LogP contribution in [-0.4, -0.2) is 24.6 Å². The van der Waals surface area contributed by atoms with Crippen LogP contribution in [0.1, 0.15) is 12.0 Å². The van der Waals surface area contributed by atoms with Crippen LogP contribution in [-0.2, 0) is 21.2 Å². The lowest BCUT2D eigenvalue weighted by Crippen LogP contribution is -2.18. The molecule has 5 nitrogen and oxygen atoms in total. The molecule has 0 N–H and O–H groups in total. The number of allylic oxidation sites excluding steroid dienone is 1.